The molecule has 0 saturated heterocycles. The van der Waals surface area contributed by atoms with E-state index in [4.69, 9.17) is 0 Å². The van der Waals surface area contributed by atoms with Gasteiger partial charge in [-0.2, -0.15) is 5.10 Å². The van der Waals surface area contributed by atoms with Gasteiger partial charge in [-0.25, -0.2) is 0 Å². The summed E-state index contributed by atoms with van der Waals surface area (Å²) in [5, 5.41) is 4.40. The maximum Gasteiger partial charge on any atom is 0.170 e. The van der Waals surface area contributed by atoms with Gasteiger partial charge in [-0.15, -0.1) is 0 Å². The molecule has 0 N–H and O–H groups in total. The monoisotopic (exact) mass is 477 g/mol. The normalized spacial score (nSPS) is 17.5. The number of aldehydes is 1. The highest BCUT2D eigenvalue weighted by molar-refractivity contribution is 5.74. The molecule has 0 aromatic carbocycles. The second-order valence-corrected chi connectivity index (χ2v) is 10.0. The van der Waals surface area contributed by atoms with Gasteiger partial charge in [0.05, 0.1) is 6.04 Å². The summed E-state index contributed by atoms with van der Waals surface area (Å²) < 4.78 is 2.07. The van der Waals surface area contributed by atoms with E-state index < -0.39 is 0 Å². The lowest BCUT2D eigenvalue weighted by molar-refractivity contribution is 0.111. The fourth-order valence-electron chi connectivity index (χ4n) is 5.03. The molecule has 0 spiro atoms. The summed E-state index contributed by atoms with van der Waals surface area (Å²) in [6, 6.07) is 1.32. The second-order valence-electron chi connectivity index (χ2n) is 10.0. The molecule has 1 heterocycles. The van der Waals surface area contributed by atoms with Crippen LogP contribution in [0.1, 0.15) is 153 Å². The maximum atomic E-state index is 10.8. The minimum atomic E-state index is 0.520. The fraction of sp³-hybridized carbons (Fsp3) is 0.867. The molecule has 2 aliphatic carbocycles. The first-order valence-corrected chi connectivity index (χ1v) is 14.6. The number of aromatic nitrogens is 2. The number of hydrogen-bond acceptors (Lipinski definition) is 3. The van der Waals surface area contributed by atoms with Crippen LogP contribution in [-0.4, -0.2) is 40.6 Å². The molecule has 3 rings (SSSR count). The van der Waals surface area contributed by atoms with Crippen molar-refractivity contribution in [2.75, 3.05) is 13.6 Å². The smallest absolute Gasteiger partial charge is 0.170 e. The van der Waals surface area contributed by atoms with Crippen LogP contribution in [0.2, 0.25) is 0 Å². The number of hydrogen-bond donors (Lipinski definition) is 0. The summed E-state index contributed by atoms with van der Waals surface area (Å²) in [5.74, 6) is 0.976. The molecule has 2 aliphatic rings. The van der Waals surface area contributed by atoms with Crippen molar-refractivity contribution in [3.8, 4) is 0 Å². The number of carbonyl (C=O) groups is 1. The van der Waals surface area contributed by atoms with Crippen LogP contribution in [-0.2, 0) is 0 Å². The van der Waals surface area contributed by atoms with Crippen molar-refractivity contribution in [3.05, 3.63) is 17.0 Å². The molecule has 0 amide bonds. The first-order valence-electron chi connectivity index (χ1n) is 14.6. The van der Waals surface area contributed by atoms with Crippen LogP contribution >= 0.6 is 0 Å². The summed E-state index contributed by atoms with van der Waals surface area (Å²) in [6.07, 6.45) is 18.6. The summed E-state index contributed by atoms with van der Waals surface area (Å²) in [4.78, 5) is 13.3. The van der Waals surface area contributed by atoms with Crippen molar-refractivity contribution in [3.63, 3.8) is 0 Å². The van der Waals surface area contributed by atoms with Crippen molar-refractivity contribution in [2.24, 2.45) is 5.92 Å². The van der Waals surface area contributed by atoms with Crippen LogP contribution in [0.5, 0.6) is 0 Å². The van der Waals surface area contributed by atoms with Gasteiger partial charge < -0.3 is 4.90 Å². The van der Waals surface area contributed by atoms with Gasteiger partial charge in [-0.05, 0) is 66.0 Å². The highest BCUT2D eigenvalue weighted by Crippen LogP contribution is 2.30. The van der Waals surface area contributed by atoms with Crippen LogP contribution in [0.25, 0.3) is 0 Å². The van der Waals surface area contributed by atoms with E-state index >= 15 is 0 Å². The highest BCUT2D eigenvalue weighted by Gasteiger charge is 2.22. The summed E-state index contributed by atoms with van der Waals surface area (Å²) in [7, 11) is 2.25. The lowest BCUT2D eigenvalue weighted by atomic mass is 9.84. The molecule has 0 radical (unpaired) electrons. The molecule has 0 unspecified atom stereocenters. The molecule has 2 fully saturated rings. The molecule has 2 saturated carbocycles. The zero-order valence-corrected chi connectivity index (χ0v) is 24.5. The standard InChI is InChI=1S/C12H18N2O.C11H23N.C5H12.C2H6/c1-9-10(2)14(13-12(9)8-15)11-6-4-3-5-7-11;1-4-12(3)10(2)11-8-6-5-7-9-11;1-3-5-4-2;1-2/h8,11H,3-7H2,1-2H3;10-11H,4-9H2,1-3H3;3-5H2,1-2H3;1-2H3/t;10-;;/m.1../s1. The summed E-state index contributed by atoms with van der Waals surface area (Å²) in [6.45, 7) is 18.3. The zero-order chi connectivity index (χ0) is 25.9. The third-order valence-corrected chi connectivity index (χ3v) is 7.75. The minimum Gasteiger partial charge on any atom is -0.304 e. The lowest BCUT2D eigenvalue weighted by Gasteiger charge is -2.33. The van der Waals surface area contributed by atoms with Crippen LogP contribution in [0.3, 0.4) is 0 Å². The fourth-order valence-corrected chi connectivity index (χ4v) is 5.03. The molecular formula is C30H59N3O. The van der Waals surface area contributed by atoms with Gasteiger partial charge in [0.2, 0.25) is 0 Å². The Balaban J connectivity index is 0.000000514. The van der Waals surface area contributed by atoms with Crippen molar-refractivity contribution in [1.82, 2.24) is 14.7 Å². The Hall–Kier alpha value is -1.16. The van der Waals surface area contributed by atoms with Gasteiger partial charge >= 0.3 is 0 Å². The Morgan fingerprint density at radius 2 is 1.44 bits per heavy atom. The Morgan fingerprint density at radius 1 is 0.941 bits per heavy atom. The molecule has 34 heavy (non-hydrogen) atoms. The predicted octanol–water partition coefficient (Wildman–Crippen LogP) is 8.95. The third kappa shape index (κ3) is 11.5. The maximum absolute atomic E-state index is 10.8. The van der Waals surface area contributed by atoms with E-state index in [1.165, 1.54) is 90.0 Å². The van der Waals surface area contributed by atoms with E-state index in [0.29, 0.717) is 11.7 Å². The molecule has 0 aliphatic heterocycles. The average Bonchev–Trinajstić information content (AvgIpc) is 3.20. The Labute approximate surface area is 213 Å². The van der Waals surface area contributed by atoms with Gasteiger partial charge in [0.15, 0.2) is 6.29 Å². The first-order chi connectivity index (χ1) is 16.4. The number of unbranched alkanes of at least 4 members (excludes halogenated alkanes) is 2. The predicted molar refractivity (Wildman–Crippen MR) is 150 cm³/mol. The number of nitrogens with zero attached hydrogens (tertiary/aromatic N) is 3. The molecule has 1 aromatic rings. The molecular weight excluding hydrogens is 418 g/mol. The molecule has 0 bridgehead atoms. The molecule has 1 atom stereocenters. The van der Waals surface area contributed by atoms with Gasteiger partial charge in [0.25, 0.3) is 0 Å². The first kappa shape index (κ1) is 32.8. The van der Waals surface area contributed by atoms with Crippen LogP contribution < -0.4 is 0 Å². The Morgan fingerprint density at radius 3 is 1.82 bits per heavy atom. The second kappa shape index (κ2) is 20.1. The van der Waals surface area contributed by atoms with Crippen molar-refractivity contribution < 1.29 is 4.79 Å². The molecule has 200 valence electrons. The summed E-state index contributed by atoms with van der Waals surface area (Å²) >= 11 is 0. The topological polar surface area (TPSA) is 38.1 Å². The van der Waals surface area contributed by atoms with E-state index in [0.717, 1.165) is 29.5 Å². The third-order valence-electron chi connectivity index (χ3n) is 7.75. The van der Waals surface area contributed by atoms with E-state index in [-0.39, 0.29) is 0 Å². The van der Waals surface area contributed by atoms with Crippen LogP contribution in [0.4, 0.5) is 0 Å². The van der Waals surface area contributed by atoms with Crippen LogP contribution in [0, 0.1) is 19.8 Å². The Kier molecular flexibility index (Phi) is 19.4. The van der Waals surface area contributed by atoms with Crippen molar-refractivity contribution in [2.45, 2.75) is 151 Å². The minimum absolute atomic E-state index is 0.520. The average molecular weight is 478 g/mol. The van der Waals surface area contributed by atoms with Gasteiger partial charge in [-0.1, -0.05) is 92.4 Å². The SMILES string of the molecule is CC.CCCCC.CCN(C)[C@H](C)C1CCCCC1.Cc1c(C=O)nn(C2CCCCC2)c1C. The zero-order valence-electron chi connectivity index (χ0n) is 24.5. The van der Waals surface area contributed by atoms with E-state index in [1.54, 1.807) is 0 Å². The van der Waals surface area contributed by atoms with Crippen molar-refractivity contribution in [1.29, 1.82) is 0 Å². The van der Waals surface area contributed by atoms with E-state index in [9.17, 15) is 4.79 Å². The van der Waals surface area contributed by atoms with E-state index in [2.05, 4.69) is 56.3 Å². The lowest BCUT2D eigenvalue weighted by Crippen LogP contribution is -2.36. The van der Waals surface area contributed by atoms with E-state index in [1.807, 2.05) is 20.8 Å². The Bertz CT molecular complexity index is 611. The highest BCUT2D eigenvalue weighted by atomic mass is 16.1. The van der Waals surface area contributed by atoms with Gasteiger partial charge in [0.1, 0.15) is 5.69 Å². The number of rotatable bonds is 7. The molecule has 4 heteroatoms. The van der Waals surface area contributed by atoms with Crippen molar-refractivity contribution >= 4 is 6.29 Å². The largest absolute Gasteiger partial charge is 0.304 e. The number of carbonyl (C=O) groups excluding carboxylic acids is 1. The van der Waals surface area contributed by atoms with Gasteiger partial charge in [-0.3, -0.25) is 9.48 Å². The molecule has 1 aromatic heterocycles. The molecule has 4 nitrogen and oxygen atoms in total. The summed E-state index contributed by atoms with van der Waals surface area (Å²) in [5.41, 5.74) is 2.80. The quantitative estimate of drug-likeness (QED) is 0.368. The van der Waals surface area contributed by atoms with Crippen LogP contribution in [0.15, 0.2) is 0 Å². The van der Waals surface area contributed by atoms with Gasteiger partial charge in [0, 0.05) is 17.3 Å².